The summed E-state index contributed by atoms with van der Waals surface area (Å²) >= 11 is 1.66. The highest BCUT2D eigenvalue weighted by molar-refractivity contribution is 7.98. The molecule has 0 aromatic rings. The molecule has 5 heteroatoms. The maximum absolute atomic E-state index is 11.6. The van der Waals surface area contributed by atoms with Crippen molar-refractivity contribution in [3.8, 4) is 0 Å². The van der Waals surface area contributed by atoms with Crippen molar-refractivity contribution in [3.63, 3.8) is 0 Å². The summed E-state index contributed by atoms with van der Waals surface area (Å²) in [5.41, 5.74) is 0. The average Bonchev–Trinajstić information content (AvgIpc) is 2.26. The number of thioether (sulfide) groups is 1. The zero-order chi connectivity index (χ0) is 11.3. The first-order chi connectivity index (χ1) is 7.15. The van der Waals surface area contributed by atoms with E-state index in [0.717, 1.165) is 5.75 Å². The molecule has 4 nitrogen and oxygen atoms in total. The van der Waals surface area contributed by atoms with Crippen LogP contribution >= 0.6 is 11.8 Å². The Morgan fingerprint density at radius 2 is 2.00 bits per heavy atom. The summed E-state index contributed by atoms with van der Waals surface area (Å²) in [6.45, 7) is 1.20. The van der Waals surface area contributed by atoms with Crippen molar-refractivity contribution in [2.75, 3.05) is 25.1 Å². The van der Waals surface area contributed by atoms with Gasteiger partial charge in [-0.15, -0.1) is 0 Å². The molecule has 1 aliphatic rings. The van der Waals surface area contributed by atoms with Crippen LogP contribution < -0.4 is 0 Å². The molecule has 0 bridgehead atoms. The number of carbonyl (C=O) groups excluding carboxylic acids is 1. The molecule has 0 aromatic heterocycles. The van der Waals surface area contributed by atoms with E-state index < -0.39 is 5.97 Å². The maximum atomic E-state index is 11.6. The van der Waals surface area contributed by atoms with Crippen LogP contribution in [-0.4, -0.2) is 47.0 Å². The van der Waals surface area contributed by atoms with Gasteiger partial charge in [0, 0.05) is 25.3 Å². The Labute approximate surface area is 94.0 Å². The zero-order valence-electron chi connectivity index (χ0n) is 8.94. The van der Waals surface area contributed by atoms with Gasteiger partial charge in [0.15, 0.2) is 0 Å². The van der Waals surface area contributed by atoms with Crippen molar-refractivity contribution in [3.05, 3.63) is 0 Å². The molecule has 1 saturated heterocycles. The Hall–Kier alpha value is -0.710. The molecule has 1 N–H and O–H groups in total. The van der Waals surface area contributed by atoms with E-state index in [1.807, 2.05) is 6.26 Å². The van der Waals surface area contributed by atoms with Gasteiger partial charge in [0.05, 0.1) is 5.92 Å². The quantitative estimate of drug-likeness (QED) is 0.786. The molecule has 0 atom stereocenters. The Morgan fingerprint density at radius 1 is 1.40 bits per heavy atom. The van der Waals surface area contributed by atoms with Gasteiger partial charge in [-0.3, -0.25) is 9.59 Å². The number of likely N-dealkylation sites (tertiary alicyclic amines) is 1. The number of rotatable bonds is 4. The largest absolute Gasteiger partial charge is 0.481 e. The molecule has 86 valence electrons. The lowest BCUT2D eigenvalue weighted by atomic mass is 9.97. The van der Waals surface area contributed by atoms with Crippen molar-refractivity contribution in [1.82, 2.24) is 4.90 Å². The number of carboxylic acid groups (broad SMARTS) is 1. The molecule has 1 aliphatic heterocycles. The number of carbonyl (C=O) groups is 2. The molecule has 0 spiro atoms. The van der Waals surface area contributed by atoms with Crippen LogP contribution in [0.4, 0.5) is 0 Å². The summed E-state index contributed by atoms with van der Waals surface area (Å²) in [5, 5.41) is 8.80. The minimum atomic E-state index is -0.730. The molecule has 0 aromatic carbocycles. The van der Waals surface area contributed by atoms with E-state index in [4.69, 9.17) is 5.11 Å². The highest BCUT2D eigenvalue weighted by Gasteiger charge is 2.26. The predicted molar refractivity (Wildman–Crippen MR) is 59.9 cm³/mol. The van der Waals surface area contributed by atoms with E-state index in [1.54, 1.807) is 16.7 Å². The summed E-state index contributed by atoms with van der Waals surface area (Å²) in [6.07, 6.45) is 3.74. The number of nitrogens with zero attached hydrogens (tertiary/aromatic N) is 1. The Kier molecular flexibility index (Phi) is 4.94. The van der Waals surface area contributed by atoms with Gasteiger partial charge in [-0.25, -0.2) is 0 Å². The van der Waals surface area contributed by atoms with E-state index in [9.17, 15) is 9.59 Å². The van der Waals surface area contributed by atoms with Crippen LogP contribution in [0.5, 0.6) is 0 Å². The number of piperidine rings is 1. The van der Waals surface area contributed by atoms with Crippen molar-refractivity contribution in [2.24, 2.45) is 5.92 Å². The van der Waals surface area contributed by atoms with Crippen LogP contribution in [-0.2, 0) is 9.59 Å². The fourth-order valence-electron chi connectivity index (χ4n) is 1.72. The molecule has 1 amide bonds. The molecule has 0 radical (unpaired) electrons. The number of hydrogen-bond acceptors (Lipinski definition) is 3. The lowest BCUT2D eigenvalue weighted by Crippen LogP contribution is -2.40. The van der Waals surface area contributed by atoms with Gasteiger partial charge < -0.3 is 10.0 Å². The monoisotopic (exact) mass is 231 g/mol. The minimum Gasteiger partial charge on any atom is -0.481 e. The van der Waals surface area contributed by atoms with Gasteiger partial charge in [-0.2, -0.15) is 11.8 Å². The van der Waals surface area contributed by atoms with Crippen LogP contribution in [0.25, 0.3) is 0 Å². The first kappa shape index (κ1) is 12.4. The maximum Gasteiger partial charge on any atom is 0.306 e. The van der Waals surface area contributed by atoms with E-state index in [1.165, 1.54) is 0 Å². The van der Waals surface area contributed by atoms with Gasteiger partial charge in [-0.05, 0) is 19.1 Å². The number of hydrogen-bond donors (Lipinski definition) is 1. The van der Waals surface area contributed by atoms with Gasteiger partial charge in [-0.1, -0.05) is 0 Å². The second kappa shape index (κ2) is 6.00. The zero-order valence-corrected chi connectivity index (χ0v) is 9.76. The highest BCUT2D eigenvalue weighted by atomic mass is 32.2. The Morgan fingerprint density at radius 3 is 2.47 bits per heavy atom. The van der Waals surface area contributed by atoms with E-state index in [2.05, 4.69) is 0 Å². The highest BCUT2D eigenvalue weighted by Crippen LogP contribution is 2.18. The third-order valence-electron chi connectivity index (χ3n) is 2.72. The standard InChI is InChI=1S/C10H17NO3S/c1-15-7-4-9(12)11-5-2-8(3-6-11)10(13)14/h8H,2-7H2,1H3,(H,13,14). The molecule has 0 saturated carbocycles. The van der Waals surface area contributed by atoms with E-state index in [0.29, 0.717) is 32.4 Å². The summed E-state index contributed by atoms with van der Waals surface area (Å²) < 4.78 is 0. The van der Waals surface area contributed by atoms with Crippen molar-refractivity contribution >= 4 is 23.6 Å². The second-order valence-corrected chi connectivity index (χ2v) is 4.72. The van der Waals surface area contributed by atoms with Crippen molar-refractivity contribution in [1.29, 1.82) is 0 Å². The van der Waals surface area contributed by atoms with E-state index in [-0.39, 0.29) is 11.8 Å². The molecule has 1 rings (SSSR count). The van der Waals surface area contributed by atoms with Crippen LogP contribution in [0.3, 0.4) is 0 Å². The molecule has 1 fully saturated rings. The Balaban J connectivity index is 2.30. The van der Waals surface area contributed by atoms with Crippen LogP contribution in [0.2, 0.25) is 0 Å². The van der Waals surface area contributed by atoms with Crippen LogP contribution in [0.15, 0.2) is 0 Å². The summed E-state index contributed by atoms with van der Waals surface area (Å²) in [6, 6.07) is 0. The lowest BCUT2D eigenvalue weighted by molar-refractivity contribution is -0.145. The van der Waals surface area contributed by atoms with Crippen molar-refractivity contribution < 1.29 is 14.7 Å². The van der Waals surface area contributed by atoms with Gasteiger partial charge in [0.1, 0.15) is 0 Å². The fourth-order valence-corrected chi connectivity index (χ4v) is 2.10. The minimum absolute atomic E-state index is 0.160. The third-order valence-corrected chi connectivity index (χ3v) is 3.33. The number of carboxylic acids is 1. The van der Waals surface area contributed by atoms with Gasteiger partial charge in [0.2, 0.25) is 5.91 Å². The smallest absolute Gasteiger partial charge is 0.306 e. The van der Waals surface area contributed by atoms with Crippen molar-refractivity contribution in [2.45, 2.75) is 19.3 Å². The average molecular weight is 231 g/mol. The number of amides is 1. The summed E-state index contributed by atoms with van der Waals surface area (Å²) in [4.78, 5) is 24.1. The SMILES string of the molecule is CSCCC(=O)N1CCC(C(=O)O)CC1. The molecular weight excluding hydrogens is 214 g/mol. The summed E-state index contributed by atoms with van der Waals surface area (Å²) in [5.74, 6) is 0.0199. The lowest BCUT2D eigenvalue weighted by Gasteiger charge is -2.30. The topological polar surface area (TPSA) is 57.6 Å². The van der Waals surface area contributed by atoms with E-state index >= 15 is 0 Å². The third kappa shape index (κ3) is 3.74. The molecule has 1 heterocycles. The normalized spacial score (nSPS) is 17.8. The fraction of sp³-hybridized carbons (Fsp3) is 0.800. The molecule has 15 heavy (non-hydrogen) atoms. The second-order valence-electron chi connectivity index (χ2n) is 3.74. The molecule has 0 aliphatic carbocycles. The first-order valence-electron chi connectivity index (χ1n) is 5.14. The van der Waals surface area contributed by atoms with Gasteiger partial charge >= 0.3 is 5.97 Å². The summed E-state index contributed by atoms with van der Waals surface area (Å²) in [7, 11) is 0. The first-order valence-corrected chi connectivity index (χ1v) is 6.54. The Bertz CT molecular complexity index is 237. The van der Waals surface area contributed by atoms with Crippen LogP contribution in [0.1, 0.15) is 19.3 Å². The molecular formula is C10H17NO3S. The van der Waals surface area contributed by atoms with Gasteiger partial charge in [0.25, 0.3) is 0 Å². The predicted octanol–water partition coefficient (Wildman–Crippen LogP) is 1.06. The number of aliphatic carboxylic acids is 1. The molecule has 0 unspecified atom stereocenters. The van der Waals surface area contributed by atoms with Crippen LogP contribution in [0, 0.1) is 5.92 Å².